The van der Waals surface area contributed by atoms with Crippen LogP contribution in [0.2, 0.25) is 0 Å². The minimum Gasteiger partial charge on any atom is -0.480 e. The Morgan fingerprint density at radius 3 is 2.62 bits per heavy atom. The average molecular weight is 330 g/mol. The largest absolute Gasteiger partial charge is 0.480 e. The number of carboxylic acid groups (broad SMARTS) is 1. The SMILES string of the molecule is CSCC[C@H](NC(=O)C(C)NC(=O)c1cccs1)C(=O)O. The second-order valence-electron chi connectivity index (χ2n) is 4.35. The normalized spacial score (nSPS) is 13.2. The van der Waals surface area contributed by atoms with Crippen molar-refractivity contribution in [2.24, 2.45) is 0 Å². The number of rotatable bonds is 8. The highest BCUT2D eigenvalue weighted by molar-refractivity contribution is 7.98. The number of hydrogen-bond acceptors (Lipinski definition) is 5. The fraction of sp³-hybridized carbons (Fsp3) is 0.462. The molecule has 1 heterocycles. The molecule has 1 aromatic heterocycles. The molecule has 1 rings (SSSR count). The molecule has 2 atom stereocenters. The van der Waals surface area contributed by atoms with Crippen LogP contribution in [-0.4, -0.2) is 47.0 Å². The third-order valence-electron chi connectivity index (χ3n) is 2.71. The van der Waals surface area contributed by atoms with Gasteiger partial charge in [0.15, 0.2) is 0 Å². The fourth-order valence-corrected chi connectivity index (χ4v) is 2.63. The molecule has 0 fully saturated rings. The third kappa shape index (κ3) is 5.76. The summed E-state index contributed by atoms with van der Waals surface area (Å²) < 4.78 is 0. The van der Waals surface area contributed by atoms with E-state index in [1.54, 1.807) is 17.5 Å². The summed E-state index contributed by atoms with van der Waals surface area (Å²) >= 11 is 2.78. The van der Waals surface area contributed by atoms with Crippen molar-refractivity contribution >= 4 is 40.9 Å². The highest BCUT2D eigenvalue weighted by Gasteiger charge is 2.23. The van der Waals surface area contributed by atoms with Crippen LogP contribution >= 0.6 is 23.1 Å². The summed E-state index contributed by atoms with van der Waals surface area (Å²) in [4.78, 5) is 35.3. The van der Waals surface area contributed by atoms with Crippen LogP contribution in [0.4, 0.5) is 0 Å². The van der Waals surface area contributed by atoms with E-state index >= 15 is 0 Å². The van der Waals surface area contributed by atoms with Crippen molar-refractivity contribution < 1.29 is 19.5 Å². The lowest BCUT2D eigenvalue weighted by Crippen LogP contribution is -2.50. The van der Waals surface area contributed by atoms with E-state index in [-0.39, 0.29) is 5.91 Å². The summed E-state index contributed by atoms with van der Waals surface area (Å²) in [6.45, 7) is 1.52. The monoisotopic (exact) mass is 330 g/mol. The molecular formula is C13H18N2O4S2. The van der Waals surface area contributed by atoms with Crippen LogP contribution in [0.3, 0.4) is 0 Å². The number of carboxylic acids is 1. The van der Waals surface area contributed by atoms with Gasteiger partial charge in [0.2, 0.25) is 5.91 Å². The van der Waals surface area contributed by atoms with Gasteiger partial charge in [-0.2, -0.15) is 11.8 Å². The number of hydrogen-bond donors (Lipinski definition) is 3. The minimum absolute atomic E-state index is 0.341. The predicted molar refractivity (Wildman–Crippen MR) is 83.8 cm³/mol. The molecule has 2 amide bonds. The molecule has 1 unspecified atom stereocenters. The van der Waals surface area contributed by atoms with Crippen LogP contribution in [0.15, 0.2) is 17.5 Å². The number of thioether (sulfide) groups is 1. The van der Waals surface area contributed by atoms with Crippen molar-refractivity contribution in [2.75, 3.05) is 12.0 Å². The van der Waals surface area contributed by atoms with Gasteiger partial charge in [-0.1, -0.05) is 6.07 Å². The lowest BCUT2D eigenvalue weighted by atomic mass is 10.2. The van der Waals surface area contributed by atoms with Gasteiger partial charge in [0.25, 0.3) is 5.91 Å². The summed E-state index contributed by atoms with van der Waals surface area (Å²) in [6, 6.07) is 1.66. The maximum atomic E-state index is 11.9. The van der Waals surface area contributed by atoms with E-state index < -0.39 is 24.0 Å². The van der Waals surface area contributed by atoms with Gasteiger partial charge in [0.05, 0.1) is 4.88 Å². The van der Waals surface area contributed by atoms with E-state index in [1.165, 1.54) is 30.0 Å². The Morgan fingerprint density at radius 2 is 2.10 bits per heavy atom. The second kappa shape index (κ2) is 8.68. The zero-order chi connectivity index (χ0) is 15.8. The maximum Gasteiger partial charge on any atom is 0.326 e. The average Bonchev–Trinajstić information content (AvgIpc) is 2.96. The van der Waals surface area contributed by atoms with Crippen molar-refractivity contribution in [2.45, 2.75) is 25.4 Å². The van der Waals surface area contributed by atoms with Crippen molar-refractivity contribution in [3.8, 4) is 0 Å². The maximum absolute atomic E-state index is 11.9. The van der Waals surface area contributed by atoms with Crippen LogP contribution in [0.5, 0.6) is 0 Å². The summed E-state index contributed by atoms with van der Waals surface area (Å²) in [7, 11) is 0. The summed E-state index contributed by atoms with van der Waals surface area (Å²) in [5.74, 6) is -1.29. The molecule has 3 N–H and O–H groups in total. The van der Waals surface area contributed by atoms with Gasteiger partial charge in [0.1, 0.15) is 12.1 Å². The van der Waals surface area contributed by atoms with Gasteiger partial charge in [-0.05, 0) is 36.8 Å². The van der Waals surface area contributed by atoms with Gasteiger partial charge < -0.3 is 15.7 Å². The molecule has 0 aliphatic rings. The first-order valence-corrected chi connectivity index (χ1v) is 8.59. The molecule has 116 valence electrons. The zero-order valence-corrected chi connectivity index (χ0v) is 13.4. The van der Waals surface area contributed by atoms with E-state index in [9.17, 15) is 14.4 Å². The lowest BCUT2D eigenvalue weighted by Gasteiger charge is -2.18. The first kappa shape index (κ1) is 17.5. The van der Waals surface area contributed by atoms with Crippen molar-refractivity contribution in [1.82, 2.24) is 10.6 Å². The Labute approximate surface area is 131 Å². The molecule has 8 heteroatoms. The molecule has 1 aromatic rings. The van der Waals surface area contributed by atoms with E-state index in [2.05, 4.69) is 10.6 Å². The van der Waals surface area contributed by atoms with E-state index in [0.29, 0.717) is 17.1 Å². The number of carbonyl (C=O) groups is 3. The fourth-order valence-electron chi connectivity index (χ4n) is 1.53. The molecule has 21 heavy (non-hydrogen) atoms. The summed E-state index contributed by atoms with van der Waals surface area (Å²) in [6.07, 6.45) is 2.21. The van der Waals surface area contributed by atoms with Gasteiger partial charge in [0, 0.05) is 0 Å². The first-order valence-electron chi connectivity index (χ1n) is 6.32. The first-order chi connectivity index (χ1) is 9.95. The zero-order valence-electron chi connectivity index (χ0n) is 11.8. The van der Waals surface area contributed by atoms with E-state index in [4.69, 9.17) is 5.11 Å². The molecule has 0 radical (unpaired) electrons. The Kier molecular flexibility index (Phi) is 7.24. The summed E-state index contributed by atoms with van der Waals surface area (Å²) in [5, 5.41) is 15.8. The Hall–Kier alpha value is -1.54. The van der Waals surface area contributed by atoms with Gasteiger partial charge in [-0.25, -0.2) is 4.79 Å². The number of carbonyl (C=O) groups excluding carboxylic acids is 2. The molecule has 0 spiro atoms. The van der Waals surface area contributed by atoms with Crippen LogP contribution < -0.4 is 10.6 Å². The van der Waals surface area contributed by atoms with E-state index in [1.807, 2.05) is 6.26 Å². The van der Waals surface area contributed by atoms with Gasteiger partial charge >= 0.3 is 5.97 Å². The third-order valence-corrected chi connectivity index (χ3v) is 4.22. The topological polar surface area (TPSA) is 95.5 Å². The van der Waals surface area contributed by atoms with Crippen molar-refractivity contribution in [1.29, 1.82) is 0 Å². The Morgan fingerprint density at radius 1 is 1.38 bits per heavy atom. The Balaban J connectivity index is 2.52. The van der Waals surface area contributed by atoms with Crippen molar-refractivity contribution in [3.05, 3.63) is 22.4 Å². The Bertz CT molecular complexity index is 490. The second-order valence-corrected chi connectivity index (χ2v) is 6.29. The highest BCUT2D eigenvalue weighted by Crippen LogP contribution is 2.08. The van der Waals surface area contributed by atoms with Crippen LogP contribution in [0.1, 0.15) is 23.0 Å². The van der Waals surface area contributed by atoms with Crippen LogP contribution in [0, 0.1) is 0 Å². The molecule has 6 nitrogen and oxygen atoms in total. The number of thiophene rings is 1. The quantitative estimate of drug-likeness (QED) is 0.665. The van der Waals surface area contributed by atoms with Crippen LogP contribution in [-0.2, 0) is 9.59 Å². The minimum atomic E-state index is -1.07. The molecule has 0 bridgehead atoms. The molecule has 0 aliphatic carbocycles. The molecule has 0 saturated carbocycles. The summed E-state index contributed by atoms with van der Waals surface area (Å²) in [5.41, 5.74) is 0. The van der Waals surface area contributed by atoms with Gasteiger partial charge in [-0.15, -0.1) is 11.3 Å². The standard InChI is InChI=1S/C13H18N2O4S2/c1-8(14-12(17)10-4-3-6-21-10)11(16)15-9(13(18)19)5-7-20-2/h3-4,6,8-9H,5,7H2,1-2H3,(H,14,17)(H,15,16)(H,18,19)/t8?,9-/m0/s1. The molecule has 0 aliphatic heterocycles. The number of amides is 2. The van der Waals surface area contributed by atoms with Gasteiger partial charge in [-0.3, -0.25) is 9.59 Å². The number of aliphatic carboxylic acids is 1. The molecular weight excluding hydrogens is 312 g/mol. The number of nitrogens with one attached hydrogen (secondary N) is 2. The van der Waals surface area contributed by atoms with E-state index in [0.717, 1.165) is 0 Å². The molecule has 0 aromatic carbocycles. The molecule has 0 saturated heterocycles. The highest BCUT2D eigenvalue weighted by atomic mass is 32.2. The predicted octanol–water partition coefficient (Wildman–Crippen LogP) is 1.19. The van der Waals surface area contributed by atoms with Crippen LogP contribution in [0.25, 0.3) is 0 Å². The smallest absolute Gasteiger partial charge is 0.326 e. The lowest BCUT2D eigenvalue weighted by molar-refractivity contribution is -0.142. The van der Waals surface area contributed by atoms with Crippen molar-refractivity contribution in [3.63, 3.8) is 0 Å².